The highest BCUT2D eigenvalue weighted by Crippen LogP contribution is 2.26. The predicted molar refractivity (Wildman–Crippen MR) is 54.2 cm³/mol. The highest BCUT2D eigenvalue weighted by molar-refractivity contribution is 9.10. The van der Waals surface area contributed by atoms with Gasteiger partial charge in [0, 0.05) is 4.47 Å². The Morgan fingerprint density at radius 2 is 2.17 bits per heavy atom. The van der Waals surface area contributed by atoms with Gasteiger partial charge in [0.25, 0.3) is 0 Å². The minimum Gasteiger partial charge on any atom is -0.389 e. The second-order valence-electron chi connectivity index (χ2n) is 2.84. The lowest BCUT2D eigenvalue weighted by Crippen LogP contribution is -1.98. The Balaban J connectivity index is 3.20. The van der Waals surface area contributed by atoms with Gasteiger partial charge in [-0.2, -0.15) is 0 Å². The van der Waals surface area contributed by atoms with E-state index in [1.807, 2.05) is 18.2 Å². The van der Waals surface area contributed by atoms with E-state index in [0.717, 1.165) is 16.5 Å². The fourth-order valence-electron chi connectivity index (χ4n) is 1.36. The van der Waals surface area contributed by atoms with Crippen molar-refractivity contribution >= 4 is 15.9 Å². The van der Waals surface area contributed by atoms with E-state index in [1.54, 1.807) is 6.92 Å². The fraction of sp³-hybridized carbons (Fsp3) is 0.400. The molecule has 1 N–H and O–H groups in total. The summed E-state index contributed by atoms with van der Waals surface area (Å²) >= 11 is 3.43. The summed E-state index contributed by atoms with van der Waals surface area (Å²) in [6, 6.07) is 6.00. The highest BCUT2D eigenvalue weighted by atomic mass is 79.9. The first kappa shape index (κ1) is 9.75. The van der Waals surface area contributed by atoms with Gasteiger partial charge in [0.15, 0.2) is 0 Å². The normalized spacial score (nSPS) is 13.0. The van der Waals surface area contributed by atoms with Gasteiger partial charge < -0.3 is 5.11 Å². The van der Waals surface area contributed by atoms with E-state index in [4.69, 9.17) is 0 Å². The van der Waals surface area contributed by atoms with Crippen LogP contribution >= 0.6 is 15.9 Å². The molecule has 1 rings (SSSR count). The van der Waals surface area contributed by atoms with Crippen LogP contribution in [-0.2, 0) is 6.42 Å². The lowest BCUT2D eigenvalue weighted by Gasteiger charge is -2.12. The van der Waals surface area contributed by atoms with E-state index >= 15 is 0 Å². The molecule has 0 aliphatic rings. The van der Waals surface area contributed by atoms with Crippen molar-refractivity contribution in [2.45, 2.75) is 26.4 Å². The summed E-state index contributed by atoms with van der Waals surface area (Å²) in [6.45, 7) is 3.88. The maximum absolute atomic E-state index is 9.49. The molecule has 0 saturated heterocycles. The molecule has 0 aliphatic carbocycles. The number of hydrogen-bond donors (Lipinski definition) is 1. The Bertz CT molecular complexity index is 269. The van der Waals surface area contributed by atoms with Gasteiger partial charge in [0.05, 0.1) is 6.10 Å². The van der Waals surface area contributed by atoms with Crippen LogP contribution in [0.4, 0.5) is 0 Å². The molecular formula is C10H13BrO. The van der Waals surface area contributed by atoms with E-state index in [-0.39, 0.29) is 0 Å². The molecule has 1 aromatic carbocycles. The molecule has 1 nitrogen and oxygen atoms in total. The summed E-state index contributed by atoms with van der Waals surface area (Å²) in [4.78, 5) is 0. The van der Waals surface area contributed by atoms with E-state index in [2.05, 4.69) is 22.9 Å². The first-order valence-electron chi connectivity index (χ1n) is 4.12. The van der Waals surface area contributed by atoms with Crippen molar-refractivity contribution < 1.29 is 5.11 Å². The number of aryl methyl sites for hydroxylation is 1. The van der Waals surface area contributed by atoms with Crippen molar-refractivity contribution in [1.29, 1.82) is 0 Å². The monoisotopic (exact) mass is 228 g/mol. The molecule has 2 heteroatoms. The summed E-state index contributed by atoms with van der Waals surface area (Å²) < 4.78 is 0.997. The number of halogens is 1. The van der Waals surface area contributed by atoms with Crippen molar-refractivity contribution in [2.24, 2.45) is 0 Å². The third-order valence-corrected chi connectivity index (χ3v) is 2.63. The average molecular weight is 229 g/mol. The van der Waals surface area contributed by atoms with Gasteiger partial charge in [-0.3, -0.25) is 0 Å². The van der Waals surface area contributed by atoms with Crippen LogP contribution in [0.15, 0.2) is 22.7 Å². The first-order valence-corrected chi connectivity index (χ1v) is 4.91. The van der Waals surface area contributed by atoms with Gasteiger partial charge in [0.1, 0.15) is 0 Å². The summed E-state index contributed by atoms with van der Waals surface area (Å²) in [6.07, 6.45) is 0.565. The third-order valence-electron chi connectivity index (χ3n) is 1.94. The maximum Gasteiger partial charge on any atom is 0.0775 e. The van der Waals surface area contributed by atoms with Gasteiger partial charge in [-0.1, -0.05) is 35.0 Å². The van der Waals surface area contributed by atoms with Crippen molar-refractivity contribution in [3.05, 3.63) is 33.8 Å². The minimum atomic E-state index is -0.393. The molecule has 0 aliphatic heterocycles. The van der Waals surface area contributed by atoms with Gasteiger partial charge >= 0.3 is 0 Å². The molecule has 0 fully saturated rings. The molecule has 1 unspecified atom stereocenters. The minimum absolute atomic E-state index is 0.393. The van der Waals surface area contributed by atoms with Crippen LogP contribution in [0.2, 0.25) is 0 Å². The molecule has 1 atom stereocenters. The molecule has 66 valence electrons. The molecule has 12 heavy (non-hydrogen) atoms. The molecule has 0 radical (unpaired) electrons. The fourth-order valence-corrected chi connectivity index (χ4v) is 2.10. The molecule has 0 aromatic heterocycles. The van der Waals surface area contributed by atoms with Crippen LogP contribution < -0.4 is 0 Å². The molecule has 0 bridgehead atoms. The molecular weight excluding hydrogens is 216 g/mol. The molecule has 0 amide bonds. The summed E-state index contributed by atoms with van der Waals surface area (Å²) in [5, 5.41) is 9.49. The lowest BCUT2D eigenvalue weighted by molar-refractivity contribution is 0.197. The standard InChI is InChI=1S/C10H13BrO/c1-3-8-5-4-6-9(11)10(8)7(2)12/h4-7,12H,3H2,1-2H3. The summed E-state index contributed by atoms with van der Waals surface area (Å²) in [7, 11) is 0. The average Bonchev–Trinajstić information content (AvgIpc) is 2.03. The number of hydrogen-bond acceptors (Lipinski definition) is 1. The van der Waals surface area contributed by atoms with Crippen LogP contribution in [0.5, 0.6) is 0 Å². The zero-order chi connectivity index (χ0) is 9.14. The lowest BCUT2D eigenvalue weighted by atomic mass is 10.0. The van der Waals surface area contributed by atoms with E-state index in [0.29, 0.717) is 0 Å². The van der Waals surface area contributed by atoms with Gasteiger partial charge in [-0.15, -0.1) is 0 Å². The van der Waals surface area contributed by atoms with Crippen molar-refractivity contribution in [1.82, 2.24) is 0 Å². The van der Waals surface area contributed by atoms with Crippen LogP contribution in [0.3, 0.4) is 0 Å². The van der Waals surface area contributed by atoms with E-state index in [1.165, 1.54) is 5.56 Å². The third kappa shape index (κ3) is 1.87. The Hall–Kier alpha value is -0.340. The number of rotatable bonds is 2. The number of aliphatic hydroxyl groups excluding tert-OH is 1. The Morgan fingerprint density at radius 3 is 2.58 bits per heavy atom. The zero-order valence-electron chi connectivity index (χ0n) is 7.34. The van der Waals surface area contributed by atoms with Gasteiger partial charge in [-0.25, -0.2) is 0 Å². The van der Waals surface area contributed by atoms with Crippen LogP contribution in [-0.4, -0.2) is 5.11 Å². The van der Waals surface area contributed by atoms with E-state index < -0.39 is 6.10 Å². The quantitative estimate of drug-likeness (QED) is 0.826. The smallest absolute Gasteiger partial charge is 0.0775 e. The highest BCUT2D eigenvalue weighted by Gasteiger charge is 2.09. The predicted octanol–water partition coefficient (Wildman–Crippen LogP) is 3.06. The van der Waals surface area contributed by atoms with Crippen molar-refractivity contribution in [2.75, 3.05) is 0 Å². The summed E-state index contributed by atoms with van der Waals surface area (Å²) in [5.74, 6) is 0. The molecule has 0 spiro atoms. The van der Waals surface area contributed by atoms with Crippen LogP contribution in [0, 0.1) is 0 Å². The zero-order valence-corrected chi connectivity index (χ0v) is 8.93. The van der Waals surface area contributed by atoms with Crippen molar-refractivity contribution in [3.8, 4) is 0 Å². The second kappa shape index (κ2) is 4.06. The van der Waals surface area contributed by atoms with Crippen LogP contribution in [0.1, 0.15) is 31.1 Å². The van der Waals surface area contributed by atoms with Crippen molar-refractivity contribution in [3.63, 3.8) is 0 Å². The second-order valence-corrected chi connectivity index (χ2v) is 3.70. The summed E-state index contributed by atoms with van der Waals surface area (Å²) in [5.41, 5.74) is 2.22. The maximum atomic E-state index is 9.49. The largest absolute Gasteiger partial charge is 0.389 e. The van der Waals surface area contributed by atoms with Gasteiger partial charge in [0.2, 0.25) is 0 Å². The Kier molecular flexibility index (Phi) is 3.29. The Labute approximate surface area is 81.6 Å². The van der Waals surface area contributed by atoms with E-state index in [9.17, 15) is 5.11 Å². The molecule has 0 heterocycles. The molecule has 1 aromatic rings. The van der Waals surface area contributed by atoms with Gasteiger partial charge in [-0.05, 0) is 30.5 Å². The SMILES string of the molecule is CCc1cccc(Br)c1C(C)O. The molecule has 0 saturated carbocycles. The first-order chi connectivity index (χ1) is 5.66. The Morgan fingerprint density at radius 1 is 1.50 bits per heavy atom. The topological polar surface area (TPSA) is 20.2 Å². The number of benzene rings is 1. The van der Waals surface area contributed by atoms with Crippen LogP contribution in [0.25, 0.3) is 0 Å². The number of aliphatic hydroxyl groups is 1.